The van der Waals surface area contributed by atoms with Crippen LogP contribution in [0.25, 0.3) is 10.9 Å². The van der Waals surface area contributed by atoms with Crippen molar-refractivity contribution in [2.75, 3.05) is 6.61 Å². The van der Waals surface area contributed by atoms with Crippen LogP contribution < -0.4 is 4.74 Å². The van der Waals surface area contributed by atoms with Crippen LogP contribution in [0.5, 0.6) is 5.88 Å². The van der Waals surface area contributed by atoms with Gasteiger partial charge in [0.2, 0.25) is 5.88 Å². The lowest BCUT2D eigenvalue weighted by molar-refractivity contribution is 0.106. The molecule has 1 heterocycles. The summed E-state index contributed by atoms with van der Waals surface area (Å²) in [6.45, 7) is 0.836. The molecule has 0 aliphatic carbocycles. The first-order chi connectivity index (χ1) is 12.8. The zero-order valence-corrected chi connectivity index (χ0v) is 14.3. The van der Waals surface area contributed by atoms with Gasteiger partial charge in [0.15, 0.2) is 0 Å². The minimum Gasteiger partial charge on any atom is -0.473 e. The fourth-order valence-corrected chi connectivity index (χ4v) is 3.01. The Morgan fingerprint density at radius 2 is 1.50 bits per heavy atom. The van der Waals surface area contributed by atoms with Crippen molar-refractivity contribution in [3.05, 3.63) is 96.1 Å². The van der Waals surface area contributed by atoms with E-state index in [-0.39, 0.29) is 6.61 Å². The summed E-state index contributed by atoms with van der Waals surface area (Å²) in [6, 6.07) is 27.7. The second kappa shape index (κ2) is 7.42. The van der Waals surface area contributed by atoms with Gasteiger partial charge in [-0.2, -0.15) is 0 Å². The van der Waals surface area contributed by atoms with Gasteiger partial charge in [-0.25, -0.2) is 0 Å². The number of hydrogen-bond donors (Lipinski definition) is 1. The molecule has 1 atom stereocenters. The highest BCUT2D eigenvalue weighted by Gasteiger charge is 2.14. The molecule has 0 saturated carbocycles. The number of nitrogens with zero attached hydrogens (tertiary/aromatic N) is 2. The third-order valence-corrected chi connectivity index (χ3v) is 4.36. The third-order valence-electron chi connectivity index (χ3n) is 4.36. The van der Waals surface area contributed by atoms with Crippen LogP contribution in [0.15, 0.2) is 84.9 Å². The van der Waals surface area contributed by atoms with Gasteiger partial charge in [-0.1, -0.05) is 72.8 Å². The molecule has 4 aromatic rings. The summed E-state index contributed by atoms with van der Waals surface area (Å²) in [5.74, 6) is 0.548. The van der Waals surface area contributed by atoms with Crippen molar-refractivity contribution in [1.82, 2.24) is 9.78 Å². The predicted molar refractivity (Wildman–Crippen MR) is 102 cm³/mol. The number of hydrogen-bond acceptors (Lipinski definition) is 3. The second-order valence-electron chi connectivity index (χ2n) is 6.20. The fraction of sp³-hybridized carbons (Fsp3) is 0.136. The molecule has 0 radical (unpaired) electrons. The van der Waals surface area contributed by atoms with E-state index >= 15 is 0 Å². The number of fused-ring (bicyclic) bond motifs is 1. The Bertz CT molecular complexity index is 981. The van der Waals surface area contributed by atoms with E-state index in [0.29, 0.717) is 12.4 Å². The smallest absolute Gasteiger partial charge is 0.240 e. The van der Waals surface area contributed by atoms with Crippen LogP contribution in [-0.2, 0) is 6.54 Å². The molecule has 0 bridgehead atoms. The van der Waals surface area contributed by atoms with E-state index < -0.39 is 6.10 Å². The molecule has 0 saturated heterocycles. The molecule has 26 heavy (non-hydrogen) atoms. The van der Waals surface area contributed by atoms with E-state index in [4.69, 9.17) is 4.74 Å². The summed E-state index contributed by atoms with van der Waals surface area (Å²) >= 11 is 0. The Hall–Kier alpha value is -3.11. The standard InChI is InChI=1S/C22H20N2O2/c25-21(18-11-5-2-6-12-18)16-26-22-19-13-7-8-14-20(19)24(23-22)15-17-9-3-1-4-10-17/h1-14,21,25H,15-16H2. The Morgan fingerprint density at radius 1 is 0.846 bits per heavy atom. The van der Waals surface area contributed by atoms with Crippen LogP contribution in [0, 0.1) is 0 Å². The van der Waals surface area contributed by atoms with Gasteiger partial charge in [0, 0.05) is 0 Å². The summed E-state index contributed by atoms with van der Waals surface area (Å²) in [5, 5.41) is 15.9. The zero-order valence-electron chi connectivity index (χ0n) is 14.3. The number of rotatable bonds is 6. The Morgan fingerprint density at radius 3 is 2.27 bits per heavy atom. The summed E-state index contributed by atoms with van der Waals surface area (Å²) in [6.07, 6.45) is -0.686. The second-order valence-corrected chi connectivity index (χ2v) is 6.20. The Balaban J connectivity index is 1.57. The SMILES string of the molecule is OC(COc1nn(Cc2ccccc2)c2ccccc12)c1ccccc1. The lowest BCUT2D eigenvalue weighted by Crippen LogP contribution is -2.10. The minimum atomic E-state index is -0.686. The number of aromatic nitrogens is 2. The van der Waals surface area contributed by atoms with Crippen molar-refractivity contribution in [2.45, 2.75) is 12.6 Å². The van der Waals surface area contributed by atoms with E-state index in [2.05, 4.69) is 17.2 Å². The zero-order chi connectivity index (χ0) is 17.8. The maximum atomic E-state index is 10.3. The summed E-state index contributed by atoms with van der Waals surface area (Å²) in [4.78, 5) is 0. The normalized spacial score (nSPS) is 12.2. The van der Waals surface area contributed by atoms with E-state index in [1.54, 1.807) is 0 Å². The van der Waals surface area contributed by atoms with Crippen LogP contribution in [0.1, 0.15) is 17.2 Å². The van der Waals surface area contributed by atoms with Gasteiger partial charge in [0.05, 0.1) is 17.4 Å². The van der Waals surface area contributed by atoms with Crippen molar-refractivity contribution >= 4 is 10.9 Å². The fourth-order valence-electron chi connectivity index (χ4n) is 3.01. The Labute approximate surface area is 152 Å². The van der Waals surface area contributed by atoms with Gasteiger partial charge in [-0.3, -0.25) is 4.68 Å². The number of para-hydroxylation sites is 1. The molecule has 1 unspecified atom stereocenters. The van der Waals surface area contributed by atoms with Gasteiger partial charge >= 0.3 is 0 Å². The maximum absolute atomic E-state index is 10.3. The highest BCUT2D eigenvalue weighted by molar-refractivity contribution is 5.84. The molecule has 0 fully saturated rings. The monoisotopic (exact) mass is 344 g/mol. The maximum Gasteiger partial charge on any atom is 0.240 e. The molecule has 0 amide bonds. The average Bonchev–Trinajstić information content (AvgIpc) is 3.05. The van der Waals surface area contributed by atoms with Gasteiger partial charge in [0.1, 0.15) is 12.7 Å². The molecular formula is C22H20N2O2. The minimum absolute atomic E-state index is 0.163. The van der Waals surface area contributed by atoms with Crippen molar-refractivity contribution in [1.29, 1.82) is 0 Å². The summed E-state index contributed by atoms with van der Waals surface area (Å²) < 4.78 is 7.81. The summed E-state index contributed by atoms with van der Waals surface area (Å²) in [7, 11) is 0. The highest BCUT2D eigenvalue weighted by Crippen LogP contribution is 2.26. The van der Waals surface area contributed by atoms with E-state index in [1.165, 1.54) is 5.56 Å². The largest absolute Gasteiger partial charge is 0.473 e. The Kier molecular flexibility index (Phi) is 4.67. The van der Waals surface area contributed by atoms with Crippen LogP contribution in [0.3, 0.4) is 0 Å². The molecule has 0 spiro atoms. The van der Waals surface area contributed by atoms with E-state index in [0.717, 1.165) is 16.5 Å². The molecule has 1 aromatic heterocycles. The molecule has 0 aliphatic rings. The first-order valence-corrected chi connectivity index (χ1v) is 8.66. The lowest BCUT2D eigenvalue weighted by atomic mass is 10.1. The van der Waals surface area contributed by atoms with Crippen LogP contribution in [-0.4, -0.2) is 21.5 Å². The van der Waals surface area contributed by atoms with Crippen LogP contribution in [0.4, 0.5) is 0 Å². The molecule has 0 aliphatic heterocycles. The van der Waals surface area contributed by atoms with Crippen molar-refractivity contribution in [2.24, 2.45) is 0 Å². The first-order valence-electron chi connectivity index (χ1n) is 8.66. The quantitative estimate of drug-likeness (QED) is 0.570. The topological polar surface area (TPSA) is 47.3 Å². The van der Waals surface area contributed by atoms with Crippen LogP contribution in [0.2, 0.25) is 0 Å². The van der Waals surface area contributed by atoms with Crippen LogP contribution >= 0.6 is 0 Å². The highest BCUT2D eigenvalue weighted by atomic mass is 16.5. The van der Waals surface area contributed by atoms with Crippen molar-refractivity contribution in [3.8, 4) is 5.88 Å². The third kappa shape index (κ3) is 3.46. The number of aliphatic hydroxyl groups excluding tert-OH is 1. The predicted octanol–water partition coefficient (Wildman–Crippen LogP) is 4.20. The average molecular weight is 344 g/mol. The van der Waals surface area contributed by atoms with Gasteiger partial charge in [-0.15, -0.1) is 5.10 Å². The van der Waals surface area contributed by atoms with Crippen molar-refractivity contribution < 1.29 is 9.84 Å². The molecule has 130 valence electrons. The molecule has 4 nitrogen and oxygen atoms in total. The first kappa shape index (κ1) is 16.4. The lowest BCUT2D eigenvalue weighted by Gasteiger charge is -2.11. The van der Waals surface area contributed by atoms with Gasteiger partial charge in [-0.05, 0) is 23.3 Å². The molecular weight excluding hydrogens is 324 g/mol. The molecule has 4 heteroatoms. The van der Waals surface area contributed by atoms with E-state index in [9.17, 15) is 5.11 Å². The number of aliphatic hydroxyl groups is 1. The van der Waals surface area contributed by atoms with Crippen molar-refractivity contribution in [3.63, 3.8) is 0 Å². The number of ether oxygens (including phenoxy) is 1. The summed E-state index contributed by atoms with van der Waals surface area (Å²) in [5.41, 5.74) is 3.03. The molecule has 1 N–H and O–H groups in total. The van der Waals surface area contributed by atoms with E-state index in [1.807, 2.05) is 77.5 Å². The van der Waals surface area contributed by atoms with Gasteiger partial charge in [0.25, 0.3) is 0 Å². The molecule has 3 aromatic carbocycles. The van der Waals surface area contributed by atoms with Gasteiger partial charge < -0.3 is 9.84 Å². The number of benzene rings is 3. The molecule has 4 rings (SSSR count).